The van der Waals surface area contributed by atoms with E-state index in [1.807, 2.05) is 12.1 Å². The van der Waals surface area contributed by atoms with Gasteiger partial charge in [-0.05, 0) is 48.0 Å². The van der Waals surface area contributed by atoms with Crippen molar-refractivity contribution in [1.29, 1.82) is 0 Å². The summed E-state index contributed by atoms with van der Waals surface area (Å²) in [6, 6.07) is 20.3. The summed E-state index contributed by atoms with van der Waals surface area (Å²) in [6.45, 7) is 0.373. The molecule has 7 heteroatoms. The maximum atomic E-state index is 13.2. The van der Waals surface area contributed by atoms with E-state index < -0.39 is 15.3 Å². The molecule has 0 saturated heterocycles. The van der Waals surface area contributed by atoms with Crippen LogP contribution in [0.2, 0.25) is 5.02 Å². The van der Waals surface area contributed by atoms with Gasteiger partial charge in [0.2, 0.25) is 15.3 Å². The number of fused-ring (bicyclic) bond motifs is 1. The molecule has 4 rings (SSSR count). The van der Waals surface area contributed by atoms with Crippen molar-refractivity contribution < 1.29 is 13.2 Å². The summed E-state index contributed by atoms with van der Waals surface area (Å²) in [4.78, 5) is 13.0. The number of benzene rings is 3. The zero-order valence-corrected chi connectivity index (χ0v) is 17.7. The number of hydrogen-bond donors (Lipinski definition) is 0. The zero-order valence-electron chi connectivity index (χ0n) is 16.1. The van der Waals surface area contributed by atoms with E-state index in [0.29, 0.717) is 22.8 Å². The minimum absolute atomic E-state index is 0.0717. The zero-order chi connectivity index (χ0) is 21.3. The van der Waals surface area contributed by atoms with E-state index in [1.54, 1.807) is 53.1 Å². The second-order valence-corrected chi connectivity index (χ2v) is 9.13. The Morgan fingerprint density at radius 1 is 0.967 bits per heavy atom. The van der Waals surface area contributed by atoms with Crippen LogP contribution in [0.15, 0.2) is 93.6 Å². The van der Waals surface area contributed by atoms with E-state index in [-0.39, 0.29) is 15.2 Å². The molecule has 0 unspecified atom stereocenters. The Hall–Kier alpha value is -3.09. The number of sulfone groups is 1. The Morgan fingerprint density at radius 2 is 1.67 bits per heavy atom. The third-order valence-electron chi connectivity index (χ3n) is 4.86. The van der Waals surface area contributed by atoms with Crippen LogP contribution in [0.4, 0.5) is 0 Å². The van der Waals surface area contributed by atoms with E-state index in [0.717, 1.165) is 5.56 Å². The third kappa shape index (κ3) is 3.72. The van der Waals surface area contributed by atoms with Gasteiger partial charge < -0.3 is 9.30 Å². The summed E-state index contributed by atoms with van der Waals surface area (Å²) in [5.41, 5.74) is 0.978. The minimum Gasteiger partial charge on any atom is -0.497 e. The molecule has 0 saturated carbocycles. The van der Waals surface area contributed by atoms with Crippen molar-refractivity contribution in [3.05, 3.63) is 99.8 Å². The Labute approximate surface area is 179 Å². The first-order valence-electron chi connectivity index (χ1n) is 9.16. The number of ether oxygens (including phenoxy) is 1. The fourth-order valence-corrected chi connectivity index (χ4v) is 4.83. The van der Waals surface area contributed by atoms with Gasteiger partial charge in [0, 0.05) is 17.8 Å². The summed E-state index contributed by atoms with van der Waals surface area (Å²) in [7, 11) is -2.50. The molecule has 5 nitrogen and oxygen atoms in total. The van der Waals surface area contributed by atoms with Gasteiger partial charge in [0.05, 0.1) is 22.9 Å². The lowest BCUT2D eigenvalue weighted by atomic mass is 10.1. The molecule has 3 aromatic carbocycles. The molecular weight excluding hydrogens is 422 g/mol. The van der Waals surface area contributed by atoms with Crippen LogP contribution in [0.1, 0.15) is 5.56 Å². The highest BCUT2D eigenvalue weighted by atomic mass is 35.5. The van der Waals surface area contributed by atoms with Gasteiger partial charge in [-0.1, -0.05) is 41.9 Å². The summed E-state index contributed by atoms with van der Waals surface area (Å²) in [5.74, 6) is 0.479. The topological polar surface area (TPSA) is 65.4 Å². The van der Waals surface area contributed by atoms with Crippen LogP contribution in [0.3, 0.4) is 0 Å². The molecule has 0 aliphatic carbocycles. The van der Waals surface area contributed by atoms with Crippen molar-refractivity contribution >= 4 is 32.3 Å². The van der Waals surface area contributed by atoms with Crippen LogP contribution in [0.25, 0.3) is 10.9 Å². The van der Waals surface area contributed by atoms with E-state index in [9.17, 15) is 13.2 Å². The first kappa shape index (κ1) is 20.2. The molecule has 30 heavy (non-hydrogen) atoms. The van der Waals surface area contributed by atoms with Gasteiger partial charge in [0.1, 0.15) is 10.6 Å². The molecule has 4 aromatic rings. The van der Waals surface area contributed by atoms with Crippen molar-refractivity contribution in [2.75, 3.05) is 7.11 Å². The number of pyridine rings is 1. The maximum absolute atomic E-state index is 13.2. The fourth-order valence-electron chi connectivity index (χ4n) is 3.31. The SMILES string of the molecule is COc1ccc2c(c1)c(=O)c(S(=O)(=O)c1ccccc1)cn2Cc1ccc(Cl)cc1. The van der Waals surface area contributed by atoms with Crippen molar-refractivity contribution in [2.24, 2.45) is 0 Å². The molecule has 0 aliphatic rings. The molecule has 0 radical (unpaired) electrons. The molecule has 1 aromatic heterocycles. The molecule has 0 amide bonds. The lowest BCUT2D eigenvalue weighted by molar-refractivity contribution is 0.415. The van der Waals surface area contributed by atoms with Crippen LogP contribution in [0, 0.1) is 0 Å². The fraction of sp³-hybridized carbons (Fsp3) is 0.0870. The van der Waals surface area contributed by atoms with Gasteiger partial charge >= 0.3 is 0 Å². The number of aromatic nitrogens is 1. The minimum atomic E-state index is -4.00. The maximum Gasteiger partial charge on any atom is 0.211 e. The summed E-state index contributed by atoms with van der Waals surface area (Å²) in [5, 5.41) is 0.890. The molecule has 0 atom stereocenters. The number of nitrogens with zero attached hydrogens (tertiary/aromatic N) is 1. The van der Waals surface area contributed by atoms with E-state index >= 15 is 0 Å². The quantitative estimate of drug-likeness (QED) is 0.457. The van der Waals surface area contributed by atoms with Crippen LogP contribution < -0.4 is 10.2 Å². The highest BCUT2D eigenvalue weighted by Crippen LogP contribution is 2.24. The average molecular weight is 440 g/mol. The first-order valence-corrected chi connectivity index (χ1v) is 11.0. The van der Waals surface area contributed by atoms with Gasteiger partial charge in [-0.2, -0.15) is 0 Å². The molecular formula is C23H18ClNO4S. The van der Waals surface area contributed by atoms with Gasteiger partial charge in [-0.15, -0.1) is 0 Å². The Bertz CT molecular complexity index is 1380. The largest absolute Gasteiger partial charge is 0.497 e. The molecule has 0 bridgehead atoms. The van der Waals surface area contributed by atoms with Crippen LogP contribution in [0.5, 0.6) is 5.75 Å². The van der Waals surface area contributed by atoms with Crippen LogP contribution in [-0.2, 0) is 16.4 Å². The lowest BCUT2D eigenvalue weighted by Gasteiger charge is -2.15. The van der Waals surface area contributed by atoms with Crippen molar-refractivity contribution in [1.82, 2.24) is 4.57 Å². The van der Waals surface area contributed by atoms with Crippen molar-refractivity contribution in [3.8, 4) is 5.75 Å². The highest BCUT2D eigenvalue weighted by Gasteiger charge is 2.24. The Balaban J connectivity index is 1.98. The van der Waals surface area contributed by atoms with Gasteiger partial charge in [-0.3, -0.25) is 4.79 Å². The highest BCUT2D eigenvalue weighted by molar-refractivity contribution is 7.91. The molecule has 0 aliphatic heterocycles. The molecule has 152 valence electrons. The number of hydrogen-bond acceptors (Lipinski definition) is 4. The first-order chi connectivity index (χ1) is 14.4. The second kappa shape index (κ2) is 7.97. The standard InChI is InChI=1S/C23H18ClNO4S/c1-29-18-11-12-21-20(13-18)23(26)22(30(27,28)19-5-3-2-4-6-19)15-25(21)14-16-7-9-17(24)10-8-16/h2-13,15H,14H2,1H3. The molecule has 0 fully saturated rings. The molecule has 0 N–H and O–H groups in total. The number of halogens is 1. The lowest BCUT2D eigenvalue weighted by Crippen LogP contribution is -2.19. The van der Waals surface area contributed by atoms with Crippen molar-refractivity contribution in [3.63, 3.8) is 0 Å². The Morgan fingerprint density at radius 3 is 2.33 bits per heavy atom. The van der Waals surface area contributed by atoms with E-state index in [2.05, 4.69) is 0 Å². The van der Waals surface area contributed by atoms with Gasteiger partial charge in [0.25, 0.3) is 0 Å². The van der Waals surface area contributed by atoms with E-state index in [4.69, 9.17) is 16.3 Å². The Kier molecular flexibility index (Phi) is 5.37. The molecule has 0 spiro atoms. The van der Waals surface area contributed by atoms with Gasteiger partial charge in [0.15, 0.2) is 0 Å². The number of methoxy groups -OCH3 is 1. The summed E-state index contributed by atoms with van der Waals surface area (Å²) < 4.78 is 33.5. The summed E-state index contributed by atoms with van der Waals surface area (Å²) >= 11 is 5.98. The van der Waals surface area contributed by atoms with Gasteiger partial charge in [-0.25, -0.2) is 8.42 Å². The number of rotatable bonds is 5. The molecule has 1 heterocycles. The smallest absolute Gasteiger partial charge is 0.211 e. The predicted octanol–water partition coefficient (Wildman–Crippen LogP) is 4.54. The normalized spacial score (nSPS) is 11.5. The van der Waals surface area contributed by atoms with Crippen molar-refractivity contribution in [2.45, 2.75) is 16.3 Å². The summed E-state index contributed by atoms with van der Waals surface area (Å²) in [6.07, 6.45) is 1.41. The third-order valence-corrected chi connectivity index (χ3v) is 6.88. The average Bonchev–Trinajstić information content (AvgIpc) is 2.77. The van der Waals surface area contributed by atoms with Crippen LogP contribution >= 0.6 is 11.6 Å². The second-order valence-electron chi connectivity index (χ2n) is 6.78. The van der Waals surface area contributed by atoms with E-state index in [1.165, 1.54) is 25.4 Å². The predicted molar refractivity (Wildman–Crippen MR) is 117 cm³/mol. The van der Waals surface area contributed by atoms with Crippen LogP contribution in [-0.4, -0.2) is 20.1 Å². The monoisotopic (exact) mass is 439 g/mol.